The lowest BCUT2D eigenvalue weighted by atomic mass is 10.2. The second kappa shape index (κ2) is 7.16. The van der Waals surface area contributed by atoms with Crippen LogP contribution in [-0.2, 0) is 17.8 Å². The SMILES string of the molecule is O=S([O-])NC(=C1C=CC=CN1Cc1ccc(Cl)nc1)C(F)(F)F. The van der Waals surface area contributed by atoms with Crippen LogP contribution in [0.5, 0.6) is 0 Å². The number of nitrogens with one attached hydrogen (secondary N) is 1. The van der Waals surface area contributed by atoms with E-state index in [1.54, 1.807) is 6.07 Å². The molecular weight excluding hydrogens is 355 g/mol. The predicted octanol–water partition coefficient (Wildman–Crippen LogP) is 2.78. The van der Waals surface area contributed by atoms with Crippen LogP contribution in [0.3, 0.4) is 0 Å². The van der Waals surface area contributed by atoms with Gasteiger partial charge in [-0.1, -0.05) is 23.7 Å². The van der Waals surface area contributed by atoms with Gasteiger partial charge in [-0.15, -0.1) is 0 Å². The molecule has 1 aromatic heterocycles. The van der Waals surface area contributed by atoms with Crippen molar-refractivity contribution in [2.24, 2.45) is 0 Å². The van der Waals surface area contributed by atoms with Crippen molar-refractivity contribution in [2.75, 3.05) is 0 Å². The van der Waals surface area contributed by atoms with Gasteiger partial charge in [0.2, 0.25) is 0 Å². The highest BCUT2D eigenvalue weighted by molar-refractivity contribution is 7.77. The molecule has 124 valence electrons. The maximum atomic E-state index is 13.1. The molecule has 1 aliphatic heterocycles. The summed E-state index contributed by atoms with van der Waals surface area (Å²) in [5.74, 6) is 0. The molecule has 0 spiro atoms. The monoisotopic (exact) mass is 364 g/mol. The summed E-state index contributed by atoms with van der Waals surface area (Å²) in [5, 5.41) is 0.262. The summed E-state index contributed by atoms with van der Waals surface area (Å²) in [6, 6.07) is 3.13. The first kappa shape index (κ1) is 17.5. The predicted molar refractivity (Wildman–Crippen MR) is 78.2 cm³/mol. The Morgan fingerprint density at radius 2 is 2.13 bits per heavy atom. The van der Waals surface area contributed by atoms with Gasteiger partial charge in [-0.2, -0.15) is 13.2 Å². The van der Waals surface area contributed by atoms with Crippen molar-refractivity contribution in [2.45, 2.75) is 12.7 Å². The fraction of sp³-hybridized carbons (Fsp3) is 0.154. The van der Waals surface area contributed by atoms with Crippen molar-refractivity contribution in [1.82, 2.24) is 14.6 Å². The van der Waals surface area contributed by atoms with Crippen LogP contribution >= 0.6 is 11.6 Å². The van der Waals surface area contributed by atoms with Crippen LogP contribution < -0.4 is 4.72 Å². The molecule has 5 nitrogen and oxygen atoms in total. The fourth-order valence-corrected chi connectivity index (χ4v) is 2.38. The maximum absolute atomic E-state index is 13.1. The summed E-state index contributed by atoms with van der Waals surface area (Å²) in [5.41, 5.74) is -1.08. The van der Waals surface area contributed by atoms with E-state index in [-0.39, 0.29) is 17.4 Å². The van der Waals surface area contributed by atoms with Gasteiger partial charge in [0.15, 0.2) is 5.70 Å². The van der Waals surface area contributed by atoms with Gasteiger partial charge in [0.05, 0.1) is 5.70 Å². The fourth-order valence-electron chi connectivity index (χ4n) is 1.88. The third-order valence-electron chi connectivity index (χ3n) is 2.81. The van der Waals surface area contributed by atoms with E-state index >= 15 is 0 Å². The lowest BCUT2D eigenvalue weighted by Crippen LogP contribution is -2.33. The van der Waals surface area contributed by atoms with Crippen molar-refractivity contribution in [1.29, 1.82) is 0 Å². The molecule has 1 aromatic rings. The van der Waals surface area contributed by atoms with E-state index in [4.69, 9.17) is 11.6 Å². The Kier molecular flexibility index (Phi) is 5.45. The Balaban J connectivity index is 2.38. The number of allylic oxidation sites excluding steroid dienone is 4. The molecule has 1 N–H and O–H groups in total. The Bertz CT molecular complexity index is 687. The third-order valence-corrected chi connectivity index (χ3v) is 3.40. The minimum atomic E-state index is -4.86. The number of nitrogens with zero attached hydrogens (tertiary/aromatic N) is 2. The zero-order chi connectivity index (χ0) is 17.0. The molecule has 0 bridgehead atoms. The van der Waals surface area contributed by atoms with Gasteiger partial charge in [0, 0.05) is 30.2 Å². The molecule has 1 atom stereocenters. The van der Waals surface area contributed by atoms with Gasteiger partial charge in [0.1, 0.15) is 5.15 Å². The number of hydrogen-bond acceptors (Lipinski definition) is 4. The third kappa shape index (κ3) is 4.81. The molecular formula is C13H10ClF3N3O2S-. The van der Waals surface area contributed by atoms with E-state index < -0.39 is 23.1 Å². The summed E-state index contributed by atoms with van der Waals surface area (Å²) in [4.78, 5) is 5.11. The summed E-state index contributed by atoms with van der Waals surface area (Å²) in [6.45, 7) is 0.0626. The first-order chi connectivity index (χ1) is 10.8. The van der Waals surface area contributed by atoms with Crippen LogP contribution in [0.1, 0.15) is 5.56 Å². The Morgan fingerprint density at radius 1 is 1.39 bits per heavy atom. The number of halogens is 4. The van der Waals surface area contributed by atoms with Crippen LogP contribution in [-0.4, -0.2) is 24.8 Å². The van der Waals surface area contributed by atoms with E-state index in [2.05, 4.69) is 4.98 Å². The quantitative estimate of drug-likeness (QED) is 0.659. The van der Waals surface area contributed by atoms with E-state index in [1.807, 2.05) is 0 Å². The highest BCUT2D eigenvalue weighted by atomic mass is 35.5. The molecule has 0 radical (unpaired) electrons. The average molecular weight is 365 g/mol. The molecule has 0 saturated carbocycles. The lowest BCUT2D eigenvalue weighted by molar-refractivity contribution is -0.0962. The number of alkyl halides is 3. The lowest BCUT2D eigenvalue weighted by Gasteiger charge is -2.28. The second-order valence-corrected chi connectivity index (χ2v) is 5.47. The van der Waals surface area contributed by atoms with Crippen molar-refractivity contribution in [3.63, 3.8) is 0 Å². The minimum Gasteiger partial charge on any atom is -0.755 e. The molecule has 2 heterocycles. The molecule has 10 heteroatoms. The molecule has 0 aromatic carbocycles. The topological polar surface area (TPSA) is 68.3 Å². The van der Waals surface area contributed by atoms with Crippen molar-refractivity contribution < 1.29 is 21.9 Å². The zero-order valence-electron chi connectivity index (χ0n) is 11.4. The molecule has 1 unspecified atom stereocenters. The number of pyridine rings is 1. The largest absolute Gasteiger partial charge is 0.755 e. The maximum Gasteiger partial charge on any atom is 0.433 e. The number of hydrogen-bond donors (Lipinski definition) is 1. The standard InChI is InChI=1S/C13H11ClF3N3O2S/c14-11-5-4-9(7-18-11)8-20-6-2-1-3-10(20)12(13(15,16)17)19-23(21)22/h1-7,19H,8H2,(H,21,22)/p-1. The van der Waals surface area contributed by atoms with Crippen molar-refractivity contribution in [3.05, 3.63) is 64.9 Å². The van der Waals surface area contributed by atoms with Crippen LogP contribution in [0, 0.1) is 0 Å². The smallest absolute Gasteiger partial charge is 0.433 e. The van der Waals surface area contributed by atoms with Crippen molar-refractivity contribution >= 4 is 22.9 Å². The number of aromatic nitrogens is 1. The molecule has 0 saturated heterocycles. The Labute approximate surface area is 137 Å². The second-order valence-electron chi connectivity index (χ2n) is 4.41. The van der Waals surface area contributed by atoms with E-state index in [0.29, 0.717) is 5.56 Å². The van der Waals surface area contributed by atoms with Crippen LogP contribution in [0.25, 0.3) is 0 Å². The summed E-state index contributed by atoms with van der Waals surface area (Å²) >= 11 is 2.56. The average Bonchev–Trinajstić information content (AvgIpc) is 2.47. The molecule has 2 rings (SSSR count). The van der Waals surface area contributed by atoms with E-state index in [9.17, 15) is 21.9 Å². The molecule has 1 aliphatic rings. The summed E-state index contributed by atoms with van der Waals surface area (Å²) in [6.07, 6.45) is 2.07. The Hall–Kier alpha value is -1.84. The van der Waals surface area contributed by atoms with Gasteiger partial charge >= 0.3 is 6.18 Å². The van der Waals surface area contributed by atoms with Gasteiger partial charge in [-0.05, 0) is 23.8 Å². The summed E-state index contributed by atoms with van der Waals surface area (Å²) < 4.78 is 62.1. The van der Waals surface area contributed by atoms with Crippen molar-refractivity contribution in [3.8, 4) is 0 Å². The normalized spacial score (nSPS) is 18.0. The number of rotatable bonds is 4. The van der Waals surface area contributed by atoms with E-state index in [1.165, 1.54) is 46.3 Å². The van der Waals surface area contributed by atoms with Gasteiger partial charge in [-0.3, -0.25) is 4.21 Å². The summed E-state index contributed by atoms with van der Waals surface area (Å²) in [7, 11) is 0. The molecule has 0 amide bonds. The molecule has 0 fully saturated rings. The highest BCUT2D eigenvalue weighted by Gasteiger charge is 2.38. The van der Waals surface area contributed by atoms with Gasteiger partial charge in [0.25, 0.3) is 0 Å². The molecule has 0 aliphatic carbocycles. The highest BCUT2D eigenvalue weighted by Crippen LogP contribution is 2.30. The first-order valence-corrected chi connectivity index (χ1v) is 7.62. The molecule has 23 heavy (non-hydrogen) atoms. The first-order valence-electron chi connectivity index (χ1n) is 6.16. The van der Waals surface area contributed by atoms with Gasteiger partial charge < -0.3 is 14.2 Å². The van der Waals surface area contributed by atoms with E-state index in [0.717, 1.165) is 0 Å². The van der Waals surface area contributed by atoms with Crippen LogP contribution in [0.4, 0.5) is 13.2 Å². The zero-order valence-corrected chi connectivity index (χ0v) is 13.0. The van der Waals surface area contributed by atoms with Gasteiger partial charge in [-0.25, -0.2) is 4.98 Å². The Morgan fingerprint density at radius 3 is 2.70 bits per heavy atom. The van der Waals surface area contributed by atoms with Crippen LogP contribution in [0.15, 0.2) is 54.2 Å². The minimum absolute atomic E-state index is 0.0626. The van der Waals surface area contributed by atoms with Crippen LogP contribution in [0.2, 0.25) is 5.15 Å².